The molecule has 0 radical (unpaired) electrons. The summed E-state index contributed by atoms with van der Waals surface area (Å²) in [5.74, 6) is -0.0257. The molecule has 0 spiro atoms. The number of aryl methyl sites for hydroxylation is 1. The Hall–Kier alpha value is -2.84. The van der Waals surface area contributed by atoms with Gasteiger partial charge in [0.2, 0.25) is 5.91 Å². The van der Waals surface area contributed by atoms with Gasteiger partial charge in [0.05, 0.1) is 17.4 Å². The summed E-state index contributed by atoms with van der Waals surface area (Å²) in [5, 5.41) is 12.5. The highest BCUT2D eigenvalue weighted by Crippen LogP contribution is 2.16. The lowest BCUT2D eigenvalue weighted by atomic mass is 10.2. The Kier molecular flexibility index (Phi) is 4.99. The van der Waals surface area contributed by atoms with Crippen LogP contribution in [0.3, 0.4) is 0 Å². The zero-order valence-corrected chi connectivity index (χ0v) is 12.9. The number of nitrogens with two attached hydrogens (primary N) is 2. The van der Waals surface area contributed by atoms with E-state index in [1.54, 1.807) is 23.9 Å². The number of anilines is 1. The minimum atomic E-state index is -0.469. The molecule has 1 aromatic rings. The third-order valence-electron chi connectivity index (χ3n) is 3.48. The van der Waals surface area contributed by atoms with Crippen LogP contribution >= 0.6 is 0 Å². The van der Waals surface area contributed by atoms with Crippen molar-refractivity contribution < 1.29 is 9.59 Å². The van der Waals surface area contributed by atoms with Crippen LogP contribution < -0.4 is 22.1 Å². The number of rotatable bonds is 6. The number of nitrogens with one attached hydrogen (secondary N) is 3. The molecule has 0 bridgehead atoms. The van der Waals surface area contributed by atoms with Crippen molar-refractivity contribution in [1.82, 2.24) is 9.88 Å². The van der Waals surface area contributed by atoms with Crippen LogP contribution in [0.2, 0.25) is 0 Å². The third kappa shape index (κ3) is 4.31. The smallest absolute Gasteiger partial charge is 0.267 e. The van der Waals surface area contributed by atoms with E-state index in [1.807, 2.05) is 0 Å². The number of carbonyl (C=O) groups is 2. The summed E-state index contributed by atoms with van der Waals surface area (Å²) in [6.07, 6.45) is 3.17. The maximum atomic E-state index is 12.1. The molecule has 9 heteroatoms. The predicted molar refractivity (Wildman–Crippen MR) is 87.6 cm³/mol. The summed E-state index contributed by atoms with van der Waals surface area (Å²) in [7, 11) is 1.71. The van der Waals surface area contributed by atoms with Crippen LogP contribution in [0.1, 0.15) is 29.8 Å². The molecule has 2 rings (SSSR count). The van der Waals surface area contributed by atoms with Crippen molar-refractivity contribution in [2.24, 2.45) is 23.5 Å². The second-order valence-corrected chi connectivity index (χ2v) is 5.42. The number of hydrogen-bond acceptors (Lipinski definition) is 5. The lowest BCUT2D eigenvalue weighted by Crippen LogP contribution is -2.28. The van der Waals surface area contributed by atoms with Crippen LogP contribution in [-0.4, -0.2) is 40.6 Å². The molecule has 2 amide bonds. The summed E-state index contributed by atoms with van der Waals surface area (Å²) >= 11 is 0. The van der Waals surface area contributed by atoms with Crippen molar-refractivity contribution in [1.29, 1.82) is 5.41 Å². The molecule has 0 aromatic carbocycles. The van der Waals surface area contributed by atoms with E-state index in [0.29, 0.717) is 36.5 Å². The minimum Gasteiger partial charge on any atom is -0.388 e. The minimum absolute atomic E-state index is 0.0153. The van der Waals surface area contributed by atoms with E-state index in [9.17, 15) is 9.59 Å². The third-order valence-corrected chi connectivity index (χ3v) is 3.48. The molecule has 0 aliphatic carbocycles. The highest BCUT2D eigenvalue weighted by atomic mass is 16.2. The van der Waals surface area contributed by atoms with Crippen LogP contribution in [0.15, 0.2) is 17.3 Å². The fraction of sp³-hybridized carbons (Fsp3) is 0.429. The first-order chi connectivity index (χ1) is 10.9. The first-order valence-corrected chi connectivity index (χ1v) is 7.27. The topological polar surface area (TPSA) is 151 Å². The number of nitrogens with zero attached hydrogens (tertiary/aromatic N) is 2. The molecule has 2 heterocycles. The van der Waals surface area contributed by atoms with Crippen LogP contribution in [-0.2, 0) is 11.8 Å². The first-order valence-electron chi connectivity index (χ1n) is 7.27. The molecule has 0 saturated heterocycles. The van der Waals surface area contributed by atoms with E-state index in [1.165, 1.54) is 0 Å². The molecule has 0 saturated carbocycles. The highest BCUT2D eigenvalue weighted by Gasteiger charge is 2.23. The lowest BCUT2D eigenvalue weighted by molar-refractivity contribution is -0.117. The number of aliphatic imine (C=N–C) groups is 1. The molecule has 1 aliphatic heterocycles. The molecule has 0 unspecified atom stereocenters. The second kappa shape index (κ2) is 6.95. The van der Waals surface area contributed by atoms with Gasteiger partial charge in [0.25, 0.3) is 5.91 Å². The van der Waals surface area contributed by atoms with Crippen molar-refractivity contribution in [3.05, 3.63) is 18.0 Å². The molecule has 23 heavy (non-hydrogen) atoms. The van der Waals surface area contributed by atoms with Crippen molar-refractivity contribution in [3.63, 3.8) is 0 Å². The summed E-state index contributed by atoms with van der Waals surface area (Å²) in [6, 6.07) is 1.12. The largest absolute Gasteiger partial charge is 0.388 e. The van der Waals surface area contributed by atoms with Crippen LogP contribution in [0.5, 0.6) is 0 Å². The van der Waals surface area contributed by atoms with Gasteiger partial charge in [-0.25, -0.2) is 0 Å². The van der Waals surface area contributed by atoms with Crippen LogP contribution in [0, 0.1) is 5.41 Å². The molecule has 9 nitrogen and oxygen atoms in total. The number of aromatic nitrogens is 1. The van der Waals surface area contributed by atoms with Crippen LogP contribution in [0.4, 0.5) is 5.69 Å². The Bertz CT molecular complexity index is 662. The normalized spacial score (nSPS) is 16.7. The summed E-state index contributed by atoms with van der Waals surface area (Å²) in [6.45, 7) is 0.289. The van der Waals surface area contributed by atoms with Gasteiger partial charge in [-0.15, -0.1) is 0 Å². The van der Waals surface area contributed by atoms with E-state index < -0.39 is 6.04 Å². The summed E-state index contributed by atoms with van der Waals surface area (Å²) < 4.78 is 1.62. The second-order valence-electron chi connectivity index (χ2n) is 5.42. The van der Waals surface area contributed by atoms with Gasteiger partial charge in [0, 0.05) is 32.6 Å². The Labute approximate surface area is 133 Å². The van der Waals surface area contributed by atoms with Gasteiger partial charge in [0.1, 0.15) is 11.7 Å². The number of hydrogen-bond donors (Lipinski definition) is 5. The summed E-state index contributed by atoms with van der Waals surface area (Å²) in [5.41, 5.74) is 11.7. The number of amides is 2. The molecule has 1 atom stereocenters. The van der Waals surface area contributed by atoms with Gasteiger partial charge in [-0.05, 0) is 12.5 Å². The molecule has 1 aliphatic rings. The van der Waals surface area contributed by atoms with Crippen molar-refractivity contribution in [3.8, 4) is 0 Å². The predicted octanol–water partition coefficient (Wildman–Crippen LogP) is -0.461. The molecule has 0 fully saturated rings. The van der Waals surface area contributed by atoms with Crippen molar-refractivity contribution >= 4 is 29.2 Å². The Balaban J connectivity index is 1.96. The van der Waals surface area contributed by atoms with E-state index >= 15 is 0 Å². The lowest BCUT2D eigenvalue weighted by Gasteiger charge is -2.06. The number of amidine groups is 2. The highest BCUT2D eigenvalue weighted by molar-refractivity contribution is 6.00. The monoisotopic (exact) mass is 319 g/mol. The van der Waals surface area contributed by atoms with Gasteiger partial charge < -0.3 is 26.7 Å². The van der Waals surface area contributed by atoms with Gasteiger partial charge in [-0.1, -0.05) is 0 Å². The van der Waals surface area contributed by atoms with Gasteiger partial charge in [-0.3, -0.25) is 20.0 Å². The maximum Gasteiger partial charge on any atom is 0.267 e. The average molecular weight is 319 g/mol. The van der Waals surface area contributed by atoms with E-state index in [4.69, 9.17) is 16.9 Å². The van der Waals surface area contributed by atoms with Gasteiger partial charge in [0.15, 0.2) is 0 Å². The zero-order chi connectivity index (χ0) is 17.0. The molecular formula is C14H21N7O2. The van der Waals surface area contributed by atoms with Gasteiger partial charge in [-0.2, -0.15) is 0 Å². The average Bonchev–Trinajstić information content (AvgIpc) is 3.04. The van der Waals surface area contributed by atoms with E-state index in [2.05, 4.69) is 15.6 Å². The quantitative estimate of drug-likeness (QED) is 0.356. The molecule has 7 N–H and O–H groups in total. The first kappa shape index (κ1) is 16.5. The Morgan fingerprint density at radius 1 is 1.52 bits per heavy atom. The fourth-order valence-electron chi connectivity index (χ4n) is 2.29. The fourth-order valence-corrected chi connectivity index (χ4v) is 2.29. The standard InChI is InChI=1S/C14H21N7O2/c1-21-7-8(19-13(22)9-2-3-12(17)20-9)6-10(21)14(23)18-5-4-11(15)16/h6-7,9H,2-5H2,1H3,(H3,15,16)(H2,17,20)(H,18,23)(H,19,22)/t9-/m1/s1. The molecule has 124 valence electrons. The molecule has 1 aromatic heterocycles. The van der Waals surface area contributed by atoms with Gasteiger partial charge >= 0.3 is 0 Å². The molecular weight excluding hydrogens is 298 g/mol. The van der Waals surface area contributed by atoms with E-state index in [0.717, 1.165) is 0 Å². The van der Waals surface area contributed by atoms with Crippen molar-refractivity contribution in [2.45, 2.75) is 25.3 Å². The number of carbonyl (C=O) groups excluding carboxylic acids is 2. The zero-order valence-electron chi connectivity index (χ0n) is 12.9. The SMILES string of the molecule is Cn1cc(NC(=O)[C@H]2CCC(N)=N2)cc1C(=O)NCCC(=N)N. The Morgan fingerprint density at radius 2 is 2.26 bits per heavy atom. The summed E-state index contributed by atoms with van der Waals surface area (Å²) in [4.78, 5) is 28.2. The van der Waals surface area contributed by atoms with E-state index in [-0.39, 0.29) is 24.2 Å². The van der Waals surface area contributed by atoms with Crippen LogP contribution in [0.25, 0.3) is 0 Å². The Morgan fingerprint density at radius 3 is 2.87 bits per heavy atom. The maximum absolute atomic E-state index is 12.1. The van der Waals surface area contributed by atoms with Crippen molar-refractivity contribution in [2.75, 3.05) is 11.9 Å².